The number of methoxy groups -OCH3 is 3. The lowest BCUT2D eigenvalue weighted by molar-refractivity contribution is -0.245. The van der Waals surface area contributed by atoms with E-state index in [-0.39, 0.29) is 5.04 Å². The van der Waals surface area contributed by atoms with E-state index in [2.05, 4.69) is 49.8 Å². The molecule has 0 fully saturated rings. The summed E-state index contributed by atoms with van der Waals surface area (Å²) in [5.41, 5.74) is 0. The molecule has 0 aromatic carbocycles. The second kappa shape index (κ2) is 9.51. The van der Waals surface area contributed by atoms with Crippen LogP contribution < -0.4 is 0 Å². The number of alkyl halides is 1. The highest BCUT2D eigenvalue weighted by Gasteiger charge is 2.52. The molecule has 0 aliphatic heterocycles. The molecule has 0 heterocycles. The predicted molar refractivity (Wildman–Crippen MR) is 98.5 cm³/mol. The van der Waals surface area contributed by atoms with Gasteiger partial charge >= 0.3 is 5.97 Å². The van der Waals surface area contributed by atoms with E-state index < -0.39 is 26.2 Å². The van der Waals surface area contributed by atoms with Crippen LogP contribution in [0.1, 0.15) is 40.0 Å². The molecule has 0 saturated carbocycles. The number of hydrogen-bond donors (Lipinski definition) is 0. The molecule has 138 valence electrons. The zero-order valence-corrected chi connectivity index (χ0v) is 18.4. The highest BCUT2D eigenvalue weighted by molar-refractivity contribution is 9.09. The third-order valence-electron chi connectivity index (χ3n) is 4.54. The Kier molecular flexibility index (Phi) is 9.53. The molecule has 0 aliphatic carbocycles. The average Bonchev–Trinajstić information content (AvgIpc) is 2.46. The maximum absolute atomic E-state index is 12.2. The summed E-state index contributed by atoms with van der Waals surface area (Å²) in [6, 6.07) is 0. The second-order valence-corrected chi connectivity index (χ2v) is 12.7. The minimum Gasteiger partial charge on any atom is -0.467 e. The van der Waals surface area contributed by atoms with Gasteiger partial charge in [-0.3, -0.25) is 0 Å². The van der Waals surface area contributed by atoms with E-state index in [1.165, 1.54) is 14.2 Å². The normalized spacial score (nSPS) is 16.7. The molecular formula is C16H33BrO5Si. The van der Waals surface area contributed by atoms with E-state index in [1.54, 1.807) is 7.11 Å². The highest BCUT2D eigenvalue weighted by Crippen LogP contribution is 2.42. The van der Waals surface area contributed by atoms with Crippen LogP contribution in [0.3, 0.4) is 0 Å². The molecule has 0 spiro atoms. The van der Waals surface area contributed by atoms with Crippen LogP contribution in [-0.2, 0) is 23.4 Å². The first kappa shape index (κ1) is 23.0. The number of carbonyl (C=O) groups is 1. The van der Waals surface area contributed by atoms with Crippen LogP contribution in [0.2, 0.25) is 18.1 Å². The molecule has 0 radical (unpaired) electrons. The Labute approximate surface area is 150 Å². The van der Waals surface area contributed by atoms with Gasteiger partial charge in [0.2, 0.25) is 6.10 Å². The van der Waals surface area contributed by atoms with Crippen LogP contribution in [0.15, 0.2) is 0 Å². The second-order valence-electron chi connectivity index (χ2n) is 7.16. The van der Waals surface area contributed by atoms with Gasteiger partial charge in [-0.05, 0) is 31.0 Å². The van der Waals surface area contributed by atoms with Gasteiger partial charge in [-0.2, -0.15) is 0 Å². The number of unbranched alkanes of at least 4 members (excludes halogenated alkanes) is 1. The molecule has 2 unspecified atom stereocenters. The summed E-state index contributed by atoms with van der Waals surface area (Å²) in [6.07, 6.45) is 1.46. The molecule has 2 atom stereocenters. The van der Waals surface area contributed by atoms with Gasteiger partial charge < -0.3 is 18.6 Å². The lowest BCUT2D eigenvalue weighted by atomic mass is 10.0. The molecule has 0 aliphatic rings. The summed E-state index contributed by atoms with van der Waals surface area (Å²) in [6.45, 7) is 10.7. The third kappa shape index (κ3) is 6.12. The number of halogens is 1. The molecule has 23 heavy (non-hydrogen) atoms. The van der Waals surface area contributed by atoms with Crippen LogP contribution in [0.4, 0.5) is 0 Å². The SMILES string of the molecule is COC(=O)C(OC)C(CCCCBr)(OC)O[Si](C)(C)C(C)(C)C. The van der Waals surface area contributed by atoms with Crippen LogP contribution in [0.25, 0.3) is 0 Å². The molecular weight excluding hydrogens is 380 g/mol. The monoisotopic (exact) mass is 412 g/mol. The predicted octanol–water partition coefficient (Wildman–Crippen LogP) is 4.10. The maximum atomic E-state index is 12.2. The fourth-order valence-corrected chi connectivity index (χ4v) is 3.96. The van der Waals surface area contributed by atoms with Crippen molar-refractivity contribution < 1.29 is 23.4 Å². The van der Waals surface area contributed by atoms with Gasteiger partial charge in [-0.15, -0.1) is 0 Å². The van der Waals surface area contributed by atoms with Crippen molar-refractivity contribution >= 4 is 30.2 Å². The summed E-state index contributed by atoms with van der Waals surface area (Å²) in [7, 11) is 2.21. The average molecular weight is 413 g/mol. The number of esters is 1. The smallest absolute Gasteiger partial charge is 0.340 e. The lowest BCUT2D eigenvalue weighted by Gasteiger charge is -2.46. The van der Waals surface area contributed by atoms with Crippen molar-refractivity contribution in [3.8, 4) is 0 Å². The van der Waals surface area contributed by atoms with Crippen molar-refractivity contribution in [2.45, 2.75) is 70.1 Å². The largest absolute Gasteiger partial charge is 0.467 e. The summed E-state index contributed by atoms with van der Waals surface area (Å²) in [5, 5.41) is 0.878. The van der Waals surface area contributed by atoms with E-state index in [1.807, 2.05) is 0 Å². The molecule has 0 saturated heterocycles. The zero-order valence-electron chi connectivity index (χ0n) is 15.8. The van der Waals surface area contributed by atoms with Crippen molar-refractivity contribution in [2.75, 3.05) is 26.7 Å². The van der Waals surface area contributed by atoms with Crippen molar-refractivity contribution in [3.05, 3.63) is 0 Å². The Hall–Kier alpha value is 0.0469. The third-order valence-corrected chi connectivity index (χ3v) is 9.57. The maximum Gasteiger partial charge on any atom is 0.340 e. The number of ether oxygens (including phenoxy) is 3. The highest BCUT2D eigenvalue weighted by atomic mass is 79.9. The minimum atomic E-state index is -2.18. The van der Waals surface area contributed by atoms with Crippen molar-refractivity contribution in [2.24, 2.45) is 0 Å². The van der Waals surface area contributed by atoms with E-state index in [0.29, 0.717) is 6.42 Å². The first-order valence-electron chi connectivity index (χ1n) is 7.93. The Bertz CT molecular complexity index is 370. The van der Waals surface area contributed by atoms with Gasteiger partial charge in [0.05, 0.1) is 7.11 Å². The minimum absolute atomic E-state index is 0.0133. The molecule has 0 aromatic rings. The Morgan fingerprint density at radius 3 is 2.04 bits per heavy atom. The van der Waals surface area contributed by atoms with Crippen LogP contribution >= 0.6 is 15.9 Å². The molecule has 7 heteroatoms. The molecule has 5 nitrogen and oxygen atoms in total. The zero-order chi connectivity index (χ0) is 18.3. The fourth-order valence-electron chi connectivity index (χ4n) is 2.10. The fraction of sp³-hybridized carbons (Fsp3) is 0.938. The number of rotatable bonds is 10. The van der Waals surface area contributed by atoms with Crippen LogP contribution in [-0.4, -0.2) is 52.8 Å². The topological polar surface area (TPSA) is 54.0 Å². The lowest BCUT2D eigenvalue weighted by Crippen LogP contribution is -2.59. The Morgan fingerprint density at radius 2 is 1.70 bits per heavy atom. The summed E-state index contributed by atoms with van der Waals surface area (Å²) in [4.78, 5) is 12.2. The Morgan fingerprint density at radius 1 is 1.13 bits per heavy atom. The van der Waals surface area contributed by atoms with E-state index in [0.717, 1.165) is 18.2 Å². The molecule has 0 aromatic heterocycles. The van der Waals surface area contributed by atoms with E-state index in [9.17, 15) is 4.79 Å². The van der Waals surface area contributed by atoms with Gasteiger partial charge in [-0.25, -0.2) is 4.79 Å². The number of hydrogen-bond acceptors (Lipinski definition) is 5. The molecule has 0 rings (SSSR count). The first-order valence-corrected chi connectivity index (χ1v) is 12.0. The number of carbonyl (C=O) groups excluding carboxylic acids is 1. The molecule has 0 amide bonds. The first-order chi connectivity index (χ1) is 10.5. The quantitative estimate of drug-likeness (QED) is 0.177. The standard InChI is InChI=1S/C16H33BrO5Si/c1-15(2,3)23(7,8)22-16(21-6,11-9-10-12-17)13(19-4)14(18)20-5/h13H,9-12H2,1-8H3. The van der Waals surface area contributed by atoms with Crippen molar-refractivity contribution in [3.63, 3.8) is 0 Å². The van der Waals surface area contributed by atoms with Crippen molar-refractivity contribution in [1.82, 2.24) is 0 Å². The van der Waals surface area contributed by atoms with Gasteiger partial charge in [0.1, 0.15) is 0 Å². The molecule has 0 N–H and O–H groups in total. The van der Waals surface area contributed by atoms with Crippen molar-refractivity contribution in [1.29, 1.82) is 0 Å². The van der Waals surface area contributed by atoms with Gasteiger partial charge in [0.25, 0.3) is 0 Å². The van der Waals surface area contributed by atoms with Crippen LogP contribution in [0.5, 0.6) is 0 Å². The van der Waals surface area contributed by atoms with Gasteiger partial charge in [-0.1, -0.05) is 36.7 Å². The Balaban J connectivity index is 5.70. The van der Waals surface area contributed by atoms with E-state index >= 15 is 0 Å². The molecule has 0 bridgehead atoms. The van der Waals surface area contributed by atoms with Gasteiger partial charge in [0.15, 0.2) is 14.1 Å². The van der Waals surface area contributed by atoms with E-state index in [4.69, 9.17) is 18.6 Å². The van der Waals surface area contributed by atoms with Gasteiger partial charge in [0, 0.05) is 26.0 Å². The van der Waals surface area contributed by atoms with Crippen LogP contribution in [0, 0.1) is 0 Å². The summed E-state index contributed by atoms with van der Waals surface area (Å²) >= 11 is 3.43. The summed E-state index contributed by atoms with van der Waals surface area (Å²) in [5.74, 6) is -1.61. The summed E-state index contributed by atoms with van der Waals surface area (Å²) < 4.78 is 22.6.